The van der Waals surface area contributed by atoms with Gasteiger partial charge in [0, 0.05) is 13.2 Å². The van der Waals surface area contributed by atoms with Gasteiger partial charge in [-0.2, -0.15) is 0 Å². The Bertz CT molecular complexity index is 111. The molecule has 13 heavy (non-hydrogen) atoms. The van der Waals surface area contributed by atoms with E-state index in [1.165, 1.54) is 45.2 Å². The lowest BCUT2D eigenvalue weighted by Crippen LogP contribution is -2.22. The Kier molecular flexibility index (Phi) is 6.21. The number of rotatable bonds is 6. The van der Waals surface area contributed by atoms with Crippen LogP contribution >= 0.6 is 0 Å². The molecule has 1 fully saturated rings. The normalized spacial score (nSPS) is 19.2. The molecule has 0 spiro atoms. The van der Waals surface area contributed by atoms with Crippen molar-refractivity contribution in [1.82, 2.24) is 5.32 Å². The van der Waals surface area contributed by atoms with Crippen molar-refractivity contribution in [2.75, 3.05) is 26.3 Å². The number of hydrogen-bond donors (Lipinski definition) is 1. The van der Waals surface area contributed by atoms with Crippen LogP contribution in [0, 0.1) is 5.92 Å². The molecular weight excluding hydrogens is 162 g/mol. The van der Waals surface area contributed by atoms with Gasteiger partial charge >= 0.3 is 0 Å². The summed E-state index contributed by atoms with van der Waals surface area (Å²) in [6, 6.07) is 0. The maximum atomic E-state index is 5.32. The molecule has 1 rings (SSSR count). The first-order valence-electron chi connectivity index (χ1n) is 5.72. The Balaban J connectivity index is 1.86. The van der Waals surface area contributed by atoms with Gasteiger partial charge in [0.25, 0.3) is 0 Å². The standard InChI is InChI=1S/C11H23NO/c1-2-3-7-12-8-4-11-5-9-13-10-6-11/h11-12H,2-10H2,1H3. The summed E-state index contributed by atoms with van der Waals surface area (Å²) >= 11 is 0. The smallest absolute Gasteiger partial charge is 0.0468 e. The summed E-state index contributed by atoms with van der Waals surface area (Å²) in [5, 5.41) is 3.49. The molecule has 2 heteroatoms. The van der Waals surface area contributed by atoms with Crippen molar-refractivity contribution < 1.29 is 4.74 Å². The molecular formula is C11H23NO. The van der Waals surface area contributed by atoms with Gasteiger partial charge in [-0.25, -0.2) is 0 Å². The predicted molar refractivity (Wildman–Crippen MR) is 55.9 cm³/mol. The molecule has 1 aliphatic heterocycles. The van der Waals surface area contributed by atoms with Crippen molar-refractivity contribution in [3.05, 3.63) is 0 Å². The fraction of sp³-hybridized carbons (Fsp3) is 1.00. The highest BCUT2D eigenvalue weighted by molar-refractivity contribution is 4.64. The SMILES string of the molecule is CCCCNCCC1CCOCC1. The molecule has 2 nitrogen and oxygen atoms in total. The Labute approximate surface area is 82.0 Å². The minimum atomic E-state index is 0.919. The average Bonchev–Trinajstić information content (AvgIpc) is 2.19. The maximum absolute atomic E-state index is 5.32. The Morgan fingerprint density at radius 3 is 2.69 bits per heavy atom. The third-order valence-electron chi connectivity index (χ3n) is 2.78. The van der Waals surface area contributed by atoms with E-state index in [2.05, 4.69) is 12.2 Å². The maximum Gasteiger partial charge on any atom is 0.0468 e. The van der Waals surface area contributed by atoms with Crippen LogP contribution in [-0.2, 0) is 4.74 Å². The van der Waals surface area contributed by atoms with E-state index in [4.69, 9.17) is 4.74 Å². The van der Waals surface area contributed by atoms with E-state index in [0.717, 1.165) is 19.1 Å². The van der Waals surface area contributed by atoms with Crippen LogP contribution < -0.4 is 5.32 Å². The second-order valence-corrected chi connectivity index (χ2v) is 3.95. The Morgan fingerprint density at radius 2 is 2.00 bits per heavy atom. The molecule has 0 bridgehead atoms. The summed E-state index contributed by atoms with van der Waals surface area (Å²) in [5.41, 5.74) is 0. The van der Waals surface area contributed by atoms with Crippen LogP contribution in [0.3, 0.4) is 0 Å². The van der Waals surface area contributed by atoms with Crippen molar-refractivity contribution >= 4 is 0 Å². The van der Waals surface area contributed by atoms with Crippen molar-refractivity contribution in [2.45, 2.75) is 39.0 Å². The molecule has 0 radical (unpaired) electrons. The number of hydrogen-bond acceptors (Lipinski definition) is 2. The molecule has 78 valence electrons. The number of nitrogens with one attached hydrogen (secondary N) is 1. The van der Waals surface area contributed by atoms with Gasteiger partial charge in [0.2, 0.25) is 0 Å². The molecule has 1 aliphatic rings. The molecule has 0 aliphatic carbocycles. The van der Waals surface area contributed by atoms with Gasteiger partial charge in [-0.1, -0.05) is 13.3 Å². The first-order chi connectivity index (χ1) is 6.43. The van der Waals surface area contributed by atoms with Crippen molar-refractivity contribution in [1.29, 1.82) is 0 Å². The van der Waals surface area contributed by atoms with E-state index in [1.807, 2.05) is 0 Å². The first-order valence-corrected chi connectivity index (χ1v) is 5.72. The molecule has 1 N–H and O–H groups in total. The van der Waals surface area contributed by atoms with Gasteiger partial charge in [-0.3, -0.25) is 0 Å². The van der Waals surface area contributed by atoms with Crippen molar-refractivity contribution in [2.24, 2.45) is 5.92 Å². The van der Waals surface area contributed by atoms with Gasteiger partial charge in [0.05, 0.1) is 0 Å². The fourth-order valence-electron chi connectivity index (χ4n) is 1.77. The molecule has 1 saturated heterocycles. The lowest BCUT2D eigenvalue weighted by atomic mass is 9.97. The zero-order chi connectivity index (χ0) is 9.36. The molecule has 0 atom stereocenters. The third-order valence-corrected chi connectivity index (χ3v) is 2.78. The van der Waals surface area contributed by atoms with Gasteiger partial charge in [0.15, 0.2) is 0 Å². The van der Waals surface area contributed by atoms with E-state index in [1.54, 1.807) is 0 Å². The first kappa shape index (κ1) is 11.0. The lowest BCUT2D eigenvalue weighted by molar-refractivity contribution is 0.0640. The molecule has 0 aromatic heterocycles. The summed E-state index contributed by atoms with van der Waals surface area (Å²) in [6.45, 7) is 6.60. The fourth-order valence-corrected chi connectivity index (χ4v) is 1.77. The van der Waals surface area contributed by atoms with Crippen LogP contribution in [0.5, 0.6) is 0 Å². The molecule has 0 saturated carbocycles. The predicted octanol–water partition coefficient (Wildman–Crippen LogP) is 2.19. The second kappa shape index (κ2) is 7.34. The summed E-state index contributed by atoms with van der Waals surface area (Å²) < 4.78 is 5.32. The molecule has 0 aromatic carbocycles. The topological polar surface area (TPSA) is 21.3 Å². The second-order valence-electron chi connectivity index (χ2n) is 3.95. The van der Waals surface area contributed by atoms with E-state index in [9.17, 15) is 0 Å². The Morgan fingerprint density at radius 1 is 1.23 bits per heavy atom. The van der Waals surface area contributed by atoms with Gasteiger partial charge in [0.1, 0.15) is 0 Å². The summed E-state index contributed by atoms with van der Waals surface area (Å²) in [5.74, 6) is 0.919. The highest BCUT2D eigenvalue weighted by Crippen LogP contribution is 2.17. The van der Waals surface area contributed by atoms with Crippen LogP contribution in [0.4, 0.5) is 0 Å². The van der Waals surface area contributed by atoms with Crippen LogP contribution in [0.15, 0.2) is 0 Å². The van der Waals surface area contributed by atoms with Crippen LogP contribution in [0.1, 0.15) is 39.0 Å². The monoisotopic (exact) mass is 185 g/mol. The zero-order valence-electron chi connectivity index (χ0n) is 8.85. The van der Waals surface area contributed by atoms with Gasteiger partial charge in [-0.15, -0.1) is 0 Å². The van der Waals surface area contributed by atoms with E-state index in [0.29, 0.717) is 0 Å². The molecule has 0 amide bonds. The largest absolute Gasteiger partial charge is 0.381 e. The van der Waals surface area contributed by atoms with E-state index in [-0.39, 0.29) is 0 Å². The van der Waals surface area contributed by atoms with Gasteiger partial charge < -0.3 is 10.1 Å². The summed E-state index contributed by atoms with van der Waals surface area (Å²) in [4.78, 5) is 0. The van der Waals surface area contributed by atoms with Crippen LogP contribution in [-0.4, -0.2) is 26.3 Å². The van der Waals surface area contributed by atoms with E-state index >= 15 is 0 Å². The van der Waals surface area contributed by atoms with Gasteiger partial charge in [-0.05, 0) is 44.7 Å². The number of unbranched alkanes of at least 4 members (excludes halogenated alkanes) is 1. The highest BCUT2D eigenvalue weighted by atomic mass is 16.5. The minimum absolute atomic E-state index is 0.919. The zero-order valence-corrected chi connectivity index (χ0v) is 8.85. The van der Waals surface area contributed by atoms with Crippen LogP contribution in [0.25, 0.3) is 0 Å². The quantitative estimate of drug-likeness (QED) is 0.640. The Hall–Kier alpha value is -0.0800. The minimum Gasteiger partial charge on any atom is -0.381 e. The van der Waals surface area contributed by atoms with E-state index < -0.39 is 0 Å². The summed E-state index contributed by atoms with van der Waals surface area (Å²) in [6.07, 6.45) is 6.50. The highest BCUT2D eigenvalue weighted by Gasteiger charge is 2.12. The third kappa shape index (κ3) is 5.27. The van der Waals surface area contributed by atoms with Crippen LogP contribution in [0.2, 0.25) is 0 Å². The average molecular weight is 185 g/mol. The number of ether oxygens (including phenoxy) is 1. The van der Waals surface area contributed by atoms with Crippen molar-refractivity contribution in [3.8, 4) is 0 Å². The molecule has 1 heterocycles. The molecule has 0 aromatic rings. The van der Waals surface area contributed by atoms with Crippen molar-refractivity contribution in [3.63, 3.8) is 0 Å². The summed E-state index contributed by atoms with van der Waals surface area (Å²) in [7, 11) is 0. The molecule has 0 unspecified atom stereocenters. The lowest BCUT2D eigenvalue weighted by Gasteiger charge is -2.21.